The molecule has 0 aliphatic carbocycles. The van der Waals surface area contributed by atoms with Crippen molar-refractivity contribution in [3.8, 4) is 5.75 Å². The molecule has 0 saturated carbocycles. The second kappa shape index (κ2) is 5.22. The van der Waals surface area contributed by atoms with Crippen LogP contribution in [0.25, 0.3) is 5.57 Å². The highest BCUT2D eigenvalue weighted by Gasteiger charge is 2.33. The van der Waals surface area contributed by atoms with Crippen molar-refractivity contribution in [2.45, 2.75) is 31.3 Å². The Hall–Kier alpha value is -1.54. The maximum Gasteiger partial charge on any atom is 0.119 e. The van der Waals surface area contributed by atoms with Gasteiger partial charge in [-0.1, -0.05) is 30.9 Å². The smallest absolute Gasteiger partial charge is 0.119 e. The molecule has 1 aromatic rings. The Morgan fingerprint density at radius 2 is 2.11 bits per heavy atom. The molecule has 2 nitrogen and oxygen atoms in total. The highest BCUT2D eigenvalue weighted by atomic mass is 16.5. The molecule has 0 spiro atoms. The van der Waals surface area contributed by atoms with E-state index >= 15 is 0 Å². The Labute approximate surface area is 115 Å². The molecule has 2 aliphatic heterocycles. The fraction of sp³-hybridized carbons (Fsp3) is 0.412. The molecule has 0 amide bonds. The Morgan fingerprint density at radius 3 is 2.79 bits per heavy atom. The molecule has 1 aromatic carbocycles. The van der Waals surface area contributed by atoms with Crippen LogP contribution in [-0.4, -0.2) is 30.6 Å². The molecular formula is C17H21NO. The summed E-state index contributed by atoms with van der Waals surface area (Å²) < 4.78 is 5.52. The van der Waals surface area contributed by atoms with Gasteiger partial charge in [-0.25, -0.2) is 0 Å². The molecule has 3 rings (SSSR count). The molecule has 2 aliphatic rings. The molecule has 100 valence electrons. The summed E-state index contributed by atoms with van der Waals surface area (Å²) in [6, 6.07) is 9.84. The molecular weight excluding hydrogens is 233 g/mol. The first kappa shape index (κ1) is 12.5. The lowest BCUT2D eigenvalue weighted by Crippen LogP contribution is -2.34. The van der Waals surface area contributed by atoms with Crippen molar-refractivity contribution in [2.75, 3.05) is 13.7 Å². The Kier molecular flexibility index (Phi) is 3.43. The van der Waals surface area contributed by atoms with E-state index in [1.54, 1.807) is 6.08 Å². The summed E-state index contributed by atoms with van der Waals surface area (Å²) in [5.74, 6) is 0.917. The third-order valence-electron chi connectivity index (χ3n) is 4.34. The molecule has 0 N–H and O–H groups in total. The highest BCUT2D eigenvalue weighted by molar-refractivity contribution is 5.68. The second-order valence-electron chi connectivity index (χ2n) is 5.48. The summed E-state index contributed by atoms with van der Waals surface area (Å²) >= 11 is 0. The first-order chi connectivity index (χ1) is 9.28. The molecule has 2 heteroatoms. The van der Waals surface area contributed by atoms with Crippen molar-refractivity contribution in [1.82, 2.24) is 4.90 Å². The van der Waals surface area contributed by atoms with Gasteiger partial charge in [0.1, 0.15) is 12.4 Å². The van der Waals surface area contributed by atoms with Gasteiger partial charge in [0, 0.05) is 12.1 Å². The lowest BCUT2D eigenvalue weighted by molar-refractivity contribution is 0.264. The molecule has 2 heterocycles. The number of hydrogen-bond donors (Lipinski definition) is 0. The molecule has 1 fully saturated rings. The van der Waals surface area contributed by atoms with Gasteiger partial charge in [0.05, 0.1) is 0 Å². The molecule has 2 atom stereocenters. The Morgan fingerprint density at radius 1 is 1.32 bits per heavy atom. The van der Waals surface area contributed by atoms with E-state index in [-0.39, 0.29) is 0 Å². The number of hydrogen-bond acceptors (Lipinski definition) is 2. The minimum absolute atomic E-state index is 0.566. The maximum atomic E-state index is 5.52. The maximum absolute atomic E-state index is 5.52. The fourth-order valence-electron chi connectivity index (χ4n) is 3.18. The van der Waals surface area contributed by atoms with Crippen LogP contribution < -0.4 is 4.74 Å². The number of likely N-dealkylation sites (N-methyl/N-ethyl adjacent to an activating group) is 1. The van der Waals surface area contributed by atoms with E-state index in [1.807, 2.05) is 0 Å². The summed E-state index contributed by atoms with van der Waals surface area (Å²) in [5.41, 5.74) is 2.84. The predicted octanol–water partition coefficient (Wildman–Crippen LogP) is 3.50. The predicted molar refractivity (Wildman–Crippen MR) is 79.3 cm³/mol. The third-order valence-corrected chi connectivity index (χ3v) is 4.34. The van der Waals surface area contributed by atoms with Crippen molar-refractivity contribution in [3.63, 3.8) is 0 Å². The fourth-order valence-corrected chi connectivity index (χ4v) is 3.18. The van der Waals surface area contributed by atoms with Crippen LogP contribution in [0.1, 0.15) is 24.8 Å². The van der Waals surface area contributed by atoms with Crippen molar-refractivity contribution in [1.29, 1.82) is 0 Å². The molecule has 0 radical (unpaired) electrons. The number of fused-ring (bicyclic) bond motifs is 2. The van der Waals surface area contributed by atoms with Gasteiger partial charge < -0.3 is 4.74 Å². The minimum atomic E-state index is 0.566. The minimum Gasteiger partial charge on any atom is -0.490 e. The summed E-state index contributed by atoms with van der Waals surface area (Å²) in [4.78, 5) is 2.52. The van der Waals surface area contributed by atoms with E-state index in [2.05, 4.69) is 48.9 Å². The van der Waals surface area contributed by atoms with Gasteiger partial charge >= 0.3 is 0 Å². The van der Waals surface area contributed by atoms with Gasteiger partial charge in [0.15, 0.2) is 0 Å². The number of ether oxygens (including phenoxy) is 1. The van der Waals surface area contributed by atoms with Crippen LogP contribution in [0.2, 0.25) is 0 Å². The average Bonchev–Trinajstić information content (AvgIpc) is 2.68. The molecule has 1 saturated heterocycles. The number of rotatable bonds is 4. The quantitative estimate of drug-likeness (QED) is 0.762. The zero-order chi connectivity index (χ0) is 13.2. The van der Waals surface area contributed by atoms with Gasteiger partial charge in [0.2, 0.25) is 0 Å². The van der Waals surface area contributed by atoms with Gasteiger partial charge in [-0.3, -0.25) is 4.90 Å². The van der Waals surface area contributed by atoms with Crippen LogP contribution >= 0.6 is 0 Å². The number of benzene rings is 1. The molecule has 2 unspecified atom stereocenters. The van der Waals surface area contributed by atoms with Crippen molar-refractivity contribution < 1.29 is 4.74 Å². The summed E-state index contributed by atoms with van der Waals surface area (Å²) in [7, 11) is 2.25. The average molecular weight is 254 g/mol. The SMILES string of the molecule is C=CCOc1ccc(C2=CC3CCC(C2)N3[11CH3])cc1. The summed E-state index contributed by atoms with van der Waals surface area (Å²) in [5, 5.41) is 0. The Bertz CT molecular complexity index is 488. The lowest BCUT2D eigenvalue weighted by atomic mass is 9.94. The molecule has 0 aromatic heterocycles. The van der Waals surface area contributed by atoms with Gasteiger partial charge in [-0.05, 0) is 49.6 Å². The molecule has 2 bridgehead atoms. The van der Waals surface area contributed by atoms with E-state index in [9.17, 15) is 0 Å². The van der Waals surface area contributed by atoms with Crippen LogP contribution in [0, 0.1) is 0 Å². The van der Waals surface area contributed by atoms with Crippen molar-refractivity contribution >= 4 is 5.57 Å². The van der Waals surface area contributed by atoms with Crippen LogP contribution in [0.4, 0.5) is 0 Å². The summed E-state index contributed by atoms with van der Waals surface area (Å²) in [6.45, 7) is 4.23. The topological polar surface area (TPSA) is 12.5 Å². The van der Waals surface area contributed by atoms with Crippen molar-refractivity contribution in [3.05, 3.63) is 48.6 Å². The van der Waals surface area contributed by atoms with Crippen LogP contribution in [0.15, 0.2) is 43.0 Å². The number of nitrogens with zero attached hydrogens (tertiary/aromatic N) is 1. The first-order valence-corrected chi connectivity index (χ1v) is 7.04. The standard InChI is InChI=1S/C17H21NO/c1-3-10-19-17-8-4-13(5-9-17)14-11-15-6-7-16(12-14)18(15)2/h3-5,8-9,11,15-16H,1,6-7,10,12H2,2H3/i2-1. The van der Waals surface area contributed by atoms with Crippen LogP contribution in [-0.2, 0) is 0 Å². The zero-order valence-electron chi connectivity index (χ0n) is 11.5. The van der Waals surface area contributed by atoms with Gasteiger partial charge in [-0.15, -0.1) is 0 Å². The normalized spacial score (nSPS) is 26.1. The van der Waals surface area contributed by atoms with Gasteiger partial charge in [-0.2, -0.15) is 0 Å². The third kappa shape index (κ3) is 2.45. The largest absolute Gasteiger partial charge is 0.490 e. The second-order valence-corrected chi connectivity index (χ2v) is 5.48. The van der Waals surface area contributed by atoms with E-state index < -0.39 is 0 Å². The van der Waals surface area contributed by atoms with E-state index in [0.717, 1.165) is 11.8 Å². The zero-order valence-corrected chi connectivity index (χ0v) is 11.5. The van der Waals surface area contributed by atoms with E-state index in [4.69, 9.17) is 4.74 Å². The Balaban J connectivity index is 1.76. The highest BCUT2D eigenvalue weighted by Crippen LogP contribution is 2.37. The van der Waals surface area contributed by atoms with Crippen molar-refractivity contribution in [2.24, 2.45) is 0 Å². The van der Waals surface area contributed by atoms with E-state index in [1.165, 1.54) is 30.4 Å². The monoisotopic (exact) mass is 254 g/mol. The summed E-state index contributed by atoms with van der Waals surface area (Å²) in [6.07, 6.45) is 8.04. The van der Waals surface area contributed by atoms with E-state index in [0.29, 0.717) is 12.6 Å². The van der Waals surface area contributed by atoms with Crippen LogP contribution in [0.3, 0.4) is 0 Å². The van der Waals surface area contributed by atoms with Crippen LogP contribution in [0.5, 0.6) is 5.75 Å². The lowest BCUT2D eigenvalue weighted by Gasteiger charge is -2.30. The first-order valence-electron chi connectivity index (χ1n) is 7.04. The molecule has 19 heavy (non-hydrogen) atoms. The van der Waals surface area contributed by atoms with Gasteiger partial charge in [0.25, 0.3) is 0 Å².